The van der Waals surface area contributed by atoms with Crippen molar-refractivity contribution in [3.63, 3.8) is 0 Å². The molecule has 0 aromatic heterocycles. The molecule has 0 saturated carbocycles. The van der Waals surface area contributed by atoms with Gasteiger partial charge in [0.25, 0.3) is 0 Å². The smallest absolute Gasteiger partial charge is 0.133 e. The first-order valence-electron chi connectivity index (χ1n) is 9.99. The van der Waals surface area contributed by atoms with Crippen LogP contribution in [0.3, 0.4) is 0 Å². The second-order valence-corrected chi connectivity index (χ2v) is 9.16. The molecule has 7 heteroatoms. The fourth-order valence-corrected chi connectivity index (χ4v) is 4.25. The van der Waals surface area contributed by atoms with E-state index in [1.165, 1.54) is 24.4 Å². The maximum absolute atomic E-state index is 14.5. The van der Waals surface area contributed by atoms with Crippen LogP contribution in [-0.2, 0) is 0 Å². The third kappa shape index (κ3) is 5.63. The van der Waals surface area contributed by atoms with Gasteiger partial charge in [0.05, 0.1) is 5.71 Å². The Hall–Kier alpha value is -2.80. The van der Waals surface area contributed by atoms with Crippen molar-refractivity contribution in [3.8, 4) is 0 Å². The van der Waals surface area contributed by atoms with Gasteiger partial charge in [-0.05, 0) is 70.4 Å². The number of likely N-dealkylation sites (N-methyl/N-ethyl adjacent to an activating group) is 1. The summed E-state index contributed by atoms with van der Waals surface area (Å²) in [7, 11) is 1.89. The number of hydrogen-bond acceptors (Lipinski definition) is 5. The monoisotopic (exact) mass is 412 g/mol. The highest BCUT2D eigenvalue weighted by Crippen LogP contribution is 2.31. The molecule has 1 heterocycles. The molecular weight excluding hydrogens is 379 g/mol. The summed E-state index contributed by atoms with van der Waals surface area (Å²) in [6.07, 6.45) is 7.10. The topological polar surface area (TPSA) is 113 Å². The number of amidine groups is 1. The van der Waals surface area contributed by atoms with Crippen LogP contribution >= 0.6 is 0 Å². The fourth-order valence-electron chi connectivity index (χ4n) is 4.25. The number of benzene rings is 1. The molecule has 0 bridgehead atoms. The van der Waals surface area contributed by atoms with Gasteiger partial charge in [0.15, 0.2) is 0 Å². The second-order valence-electron chi connectivity index (χ2n) is 9.16. The fraction of sp³-hybridized carbons (Fsp3) is 0.435. The summed E-state index contributed by atoms with van der Waals surface area (Å²) in [5, 5.41) is 27.6. The Morgan fingerprint density at radius 2 is 1.77 bits per heavy atom. The Balaban J connectivity index is 2.12. The number of nitrogens with two attached hydrogens (primary N) is 1. The summed E-state index contributed by atoms with van der Waals surface area (Å²) < 4.78 is 14.5. The number of nitrogens with one attached hydrogen (secondary N) is 4. The van der Waals surface area contributed by atoms with E-state index in [-0.39, 0.29) is 34.2 Å². The summed E-state index contributed by atoms with van der Waals surface area (Å²) in [5.74, 6) is -0.280. The van der Waals surface area contributed by atoms with Crippen LogP contribution in [0, 0.1) is 22.0 Å². The molecule has 0 radical (unpaired) electrons. The zero-order chi connectivity index (χ0) is 22.7. The molecule has 1 aromatic rings. The maximum atomic E-state index is 14.5. The van der Waals surface area contributed by atoms with Crippen molar-refractivity contribution >= 4 is 23.3 Å². The number of nitrogens with zero attached hydrogens (tertiary/aromatic N) is 1. The van der Waals surface area contributed by atoms with Crippen LogP contribution in [0.2, 0.25) is 0 Å². The molecule has 0 unspecified atom stereocenters. The minimum Gasteiger partial charge on any atom is -0.404 e. The lowest BCUT2D eigenvalue weighted by Gasteiger charge is -2.49. The molecule has 0 amide bonds. The molecule has 6 nitrogen and oxygen atoms in total. The molecule has 0 aliphatic carbocycles. The van der Waals surface area contributed by atoms with Crippen LogP contribution < -0.4 is 11.1 Å². The summed E-state index contributed by atoms with van der Waals surface area (Å²) in [4.78, 5) is 1.93. The van der Waals surface area contributed by atoms with Crippen LogP contribution in [0.15, 0.2) is 36.6 Å². The standard InChI is InChI=1S/C23H33FN6/c1-22(2)11-17(12-23(3,4)29-22)30(5)21(28)9-8-20(27)18-7-6-15(10-19(18)24)16(13-25)14-26/h6-10,13-14,17,25,27-29H,11-12,26H2,1-5H3/b9-8-,16-14+,25-13?,27-20?,28-21?. The van der Waals surface area contributed by atoms with Crippen LogP contribution in [0.25, 0.3) is 5.57 Å². The van der Waals surface area contributed by atoms with Gasteiger partial charge in [0, 0.05) is 47.7 Å². The third-order valence-corrected chi connectivity index (χ3v) is 5.43. The van der Waals surface area contributed by atoms with E-state index < -0.39 is 5.82 Å². The summed E-state index contributed by atoms with van der Waals surface area (Å²) >= 11 is 0. The maximum Gasteiger partial charge on any atom is 0.133 e. The number of piperidine rings is 1. The van der Waals surface area contributed by atoms with E-state index in [2.05, 4.69) is 33.0 Å². The highest BCUT2D eigenvalue weighted by atomic mass is 19.1. The van der Waals surface area contributed by atoms with Gasteiger partial charge in [-0.3, -0.25) is 5.41 Å². The van der Waals surface area contributed by atoms with E-state index in [4.69, 9.17) is 22.0 Å². The van der Waals surface area contributed by atoms with Crippen LogP contribution in [0.4, 0.5) is 4.39 Å². The molecule has 0 atom stereocenters. The average molecular weight is 413 g/mol. The Bertz CT molecular complexity index is 881. The van der Waals surface area contributed by atoms with Gasteiger partial charge in [0.1, 0.15) is 11.7 Å². The minimum absolute atomic E-state index is 0.0173. The van der Waals surface area contributed by atoms with E-state index in [0.29, 0.717) is 11.1 Å². The summed E-state index contributed by atoms with van der Waals surface area (Å²) in [5.41, 5.74) is 6.38. The lowest BCUT2D eigenvalue weighted by atomic mass is 9.79. The molecule has 1 fully saturated rings. The largest absolute Gasteiger partial charge is 0.404 e. The first kappa shape index (κ1) is 23.5. The Labute approximate surface area is 178 Å². The predicted octanol–water partition coefficient (Wildman–Crippen LogP) is 3.92. The molecule has 6 N–H and O–H groups in total. The van der Waals surface area contributed by atoms with Crippen molar-refractivity contribution in [1.29, 1.82) is 16.2 Å². The second kappa shape index (κ2) is 8.92. The lowest BCUT2D eigenvalue weighted by Crippen LogP contribution is -2.62. The predicted molar refractivity (Wildman–Crippen MR) is 123 cm³/mol. The number of halogens is 1. The van der Waals surface area contributed by atoms with Crippen LogP contribution in [0.5, 0.6) is 0 Å². The van der Waals surface area contributed by atoms with Gasteiger partial charge in [-0.1, -0.05) is 6.07 Å². The first-order valence-corrected chi connectivity index (χ1v) is 9.99. The van der Waals surface area contributed by atoms with Crippen molar-refractivity contribution in [2.45, 2.75) is 57.7 Å². The van der Waals surface area contributed by atoms with E-state index in [0.717, 1.165) is 19.1 Å². The molecule has 1 aromatic carbocycles. The SMILES string of the molecule is CN(C(=N)/C=C\C(=N)c1ccc(/C(C=N)=C/N)cc1F)C1CC(C)(C)NC(C)(C)C1. The van der Waals surface area contributed by atoms with Gasteiger partial charge in [-0.15, -0.1) is 0 Å². The van der Waals surface area contributed by atoms with E-state index in [1.54, 1.807) is 12.1 Å². The average Bonchev–Trinajstić information content (AvgIpc) is 2.63. The van der Waals surface area contributed by atoms with Gasteiger partial charge < -0.3 is 26.8 Å². The Morgan fingerprint density at radius 3 is 2.27 bits per heavy atom. The van der Waals surface area contributed by atoms with Gasteiger partial charge in [-0.2, -0.15) is 0 Å². The highest BCUT2D eigenvalue weighted by Gasteiger charge is 2.39. The van der Waals surface area contributed by atoms with Crippen molar-refractivity contribution in [2.24, 2.45) is 5.73 Å². The zero-order valence-corrected chi connectivity index (χ0v) is 18.4. The lowest BCUT2D eigenvalue weighted by molar-refractivity contribution is 0.114. The van der Waals surface area contributed by atoms with Crippen molar-refractivity contribution in [3.05, 3.63) is 53.5 Å². The first-order chi connectivity index (χ1) is 13.9. The Kier molecular flexibility index (Phi) is 6.98. The molecule has 2 rings (SSSR count). The number of rotatable bonds is 6. The molecule has 30 heavy (non-hydrogen) atoms. The third-order valence-electron chi connectivity index (χ3n) is 5.43. The number of hydrogen-bond donors (Lipinski definition) is 5. The van der Waals surface area contributed by atoms with Crippen molar-refractivity contribution < 1.29 is 4.39 Å². The molecule has 0 spiro atoms. The van der Waals surface area contributed by atoms with E-state index >= 15 is 0 Å². The van der Waals surface area contributed by atoms with Crippen LogP contribution in [0.1, 0.15) is 51.7 Å². The highest BCUT2D eigenvalue weighted by molar-refractivity contribution is 6.11. The molecule has 1 saturated heterocycles. The molecule has 1 aliphatic rings. The summed E-state index contributed by atoms with van der Waals surface area (Å²) in [6, 6.07) is 4.58. The van der Waals surface area contributed by atoms with Crippen molar-refractivity contribution in [1.82, 2.24) is 10.2 Å². The van der Waals surface area contributed by atoms with Gasteiger partial charge in [0.2, 0.25) is 0 Å². The quantitative estimate of drug-likeness (QED) is 0.360. The van der Waals surface area contributed by atoms with E-state index in [9.17, 15) is 4.39 Å². The normalized spacial score (nSPS) is 18.9. The zero-order valence-electron chi connectivity index (χ0n) is 18.4. The van der Waals surface area contributed by atoms with Crippen LogP contribution in [-0.4, -0.2) is 46.8 Å². The summed E-state index contributed by atoms with van der Waals surface area (Å²) in [6.45, 7) is 8.67. The van der Waals surface area contributed by atoms with E-state index in [1.807, 2.05) is 11.9 Å². The Morgan fingerprint density at radius 1 is 1.17 bits per heavy atom. The van der Waals surface area contributed by atoms with Gasteiger partial charge >= 0.3 is 0 Å². The van der Waals surface area contributed by atoms with Gasteiger partial charge in [-0.25, -0.2) is 4.39 Å². The minimum atomic E-state index is -0.565. The number of allylic oxidation sites excluding steroid dienone is 2. The van der Waals surface area contributed by atoms with Crippen molar-refractivity contribution in [2.75, 3.05) is 7.05 Å². The molecule has 1 aliphatic heterocycles. The molecule has 162 valence electrons. The molecular formula is C23H33FN6.